The van der Waals surface area contributed by atoms with Crippen LogP contribution in [0.5, 0.6) is 0 Å². The van der Waals surface area contributed by atoms with E-state index in [9.17, 15) is 19.5 Å². The van der Waals surface area contributed by atoms with Crippen molar-refractivity contribution >= 4 is 45.6 Å². The van der Waals surface area contributed by atoms with Gasteiger partial charge in [-0.1, -0.05) is 0 Å². The van der Waals surface area contributed by atoms with Crippen LogP contribution in [0.15, 0.2) is 26.0 Å². The number of carboxylic acid groups (broad SMARTS) is 1. The number of carbonyl (C=O) groups is 2. The van der Waals surface area contributed by atoms with Gasteiger partial charge in [0, 0.05) is 16.3 Å². The van der Waals surface area contributed by atoms with Gasteiger partial charge in [-0.3, -0.25) is 4.79 Å². The minimum Gasteiger partial charge on any atom is -0.548 e. The largest absolute Gasteiger partial charge is 0.548 e. The van der Waals surface area contributed by atoms with Crippen LogP contribution in [0.4, 0.5) is 0 Å². The highest BCUT2D eigenvalue weighted by Gasteiger charge is 2.20. The molecule has 2 heterocycles. The number of fused-ring (bicyclic) bond motifs is 2. The summed E-state index contributed by atoms with van der Waals surface area (Å²) >= 11 is 1.47. The van der Waals surface area contributed by atoms with E-state index >= 15 is 0 Å². The molecule has 0 fully saturated rings. The highest BCUT2D eigenvalue weighted by Crippen LogP contribution is 2.32. The van der Waals surface area contributed by atoms with Gasteiger partial charge in [-0.15, -0.1) is 0 Å². The number of aliphatic carboxylic acids is 1. The van der Waals surface area contributed by atoms with E-state index in [1.165, 1.54) is 11.8 Å². The van der Waals surface area contributed by atoms with Gasteiger partial charge >= 0.3 is 5.63 Å². The van der Waals surface area contributed by atoms with E-state index in [4.69, 9.17) is 8.83 Å². The first kappa shape index (κ1) is 21.0. The molecule has 7 nitrogen and oxygen atoms in total. The van der Waals surface area contributed by atoms with E-state index < -0.39 is 23.5 Å². The molecule has 0 aliphatic carbocycles. The van der Waals surface area contributed by atoms with Crippen molar-refractivity contribution < 1.29 is 23.5 Å². The molecular formula is C21H22NO6S-. The number of hydrogen-bond donors (Lipinski definition) is 1. The minimum atomic E-state index is -1.34. The van der Waals surface area contributed by atoms with Crippen LogP contribution in [-0.4, -0.2) is 29.9 Å². The van der Waals surface area contributed by atoms with Gasteiger partial charge in [0.25, 0.3) is 0 Å². The molecule has 1 N–H and O–H groups in total. The smallest absolute Gasteiger partial charge is 0.340 e. The molecule has 29 heavy (non-hydrogen) atoms. The number of benzene rings is 1. The second-order valence-electron chi connectivity index (χ2n) is 7.06. The fraction of sp³-hybridized carbons (Fsp3) is 0.381. The zero-order valence-electron chi connectivity index (χ0n) is 16.7. The fourth-order valence-corrected chi connectivity index (χ4v) is 3.88. The molecule has 3 aromatic rings. The summed E-state index contributed by atoms with van der Waals surface area (Å²) in [5.41, 5.74) is 2.98. The van der Waals surface area contributed by atoms with Gasteiger partial charge < -0.3 is 24.1 Å². The van der Waals surface area contributed by atoms with E-state index in [1.54, 1.807) is 13.2 Å². The minimum absolute atomic E-state index is 0.205. The summed E-state index contributed by atoms with van der Waals surface area (Å²) in [6, 6.07) is 0.789. The average molecular weight is 416 g/mol. The lowest BCUT2D eigenvalue weighted by molar-refractivity contribution is -0.308. The van der Waals surface area contributed by atoms with Crippen molar-refractivity contribution in [2.24, 2.45) is 0 Å². The molecule has 1 amide bonds. The number of furan rings is 1. The van der Waals surface area contributed by atoms with Crippen molar-refractivity contribution in [1.29, 1.82) is 0 Å². The van der Waals surface area contributed by atoms with Crippen LogP contribution in [0.3, 0.4) is 0 Å². The third-order valence-electron chi connectivity index (χ3n) is 5.10. The van der Waals surface area contributed by atoms with E-state index in [2.05, 4.69) is 5.32 Å². The van der Waals surface area contributed by atoms with Gasteiger partial charge in [-0.2, -0.15) is 11.8 Å². The highest BCUT2D eigenvalue weighted by atomic mass is 32.2. The molecule has 0 aliphatic rings. The Balaban J connectivity index is 1.98. The maximum atomic E-state index is 12.6. The number of carboxylic acids is 1. The topological polar surface area (TPSA) is 113 Å². The predicted molar refractivity (Wildman–Crippen MR) is 110 cm³/mol. The Bertz CT molecular complexity index is 1160. The normalized spacial score (nSPS) is 12.4. The average Bonchev–Trinajstić information content (AvgIpc) is 3.04. The molecule has 0 aliphatic heterocycles. The zero-order chi connectivity index (χ0) is 21.3. The predicted octanol–water partition coefficient (Wildman–Crippen LogP) is 1.99. The van der Waals surface area contributed by atoms with E-state index in [1.807, 2.05) is 26.2 Å². The molecule has 0 radical (unpaired) electrons. The number of aryl methyl sites for hydroxylation is 3. The Hall–Kier alpha value is -2.74. The monoisotopic (exact) mass is 416 g/mol. The van der Waals surface area contributed by atoms with E-state index in [0.717, 1.165) is 21.9 Å². The van der Waals surface area contributed by atoms with Crippen LogP contribution in [-0.2, 0) is 16.0 Å². The number of thioether (sulfide) groups is 1. The standard InChI is InChI=1S/C21H23NO6S/c1-10-9-27-18-12(3)19-14(7-13(10)18)11(2)15(21(26)28-19)8-17(23)22-16(20(24)25)5-6-29-4/h7,9,16H,5-6,8H2,1-4H3,(H,22,23)(H,24,25)/p-1/t16-/m0/s1. The Morgan fingerprint density at radius 3 is 2.55 bits per heavy atom. The summed E-state index contributed by atoms with van der Waals surface area (Å²) in [5, 5.41) is 15.3. The Morgan fingerprint density at radius 2 is 1.90 bits per heavy atom. The molecule has 3 rings (SSSR count). The molecule has 2 aromatic heterocycles. The van der Waals surface area contributed by atoms with Crippen LogP contribution in [0, 0.1) is 20.8 Å². The van der Waals surface area contributed by atoms with Gasteiger partial charge in [0.2, 0.25) is 5.91 Å². The van der Waals surface area contributed by atoms with Gasteiger partial charge in [-0.25, -0.2) is 4.79 Å². The van der Waals surface area contributed by atoms with Gasteiger partial charge in [-0.05, 0) is 56.4 Å². The van der Waals surface area contributed by atoms with Crippen LogP contribution in [0.1, 0.15) is 28.7 Å². The lowest BCUT2D eigenvalue weighted by Gasteiger charge is -2.19. The van der Waals surface area contributed by atoms with Gasteiger partial charge in [0.05, 0.1) is 30.3 Å². The molecule has 0 unspecified atom stereocenters. The molecule has 8 heteroatoms. The van der Waals surface area contributed by atoms with Crippen molar-refractivity contribution in [3.8, 4) is 0 Å². The number of rotatable bonds is 7. The van der Waals surface area contributed by atoms with Crippen LogP contribution >= 0.6 is 11.8 Å². The zero-order valence-corrected chi connectivity index (χ0v) is 17.5. The summed E-state index contributed by atoms with van der Waals surface area (Å²) in [6.45, 7) is 5.50. The lowest BCUT2D eigenvalue weighted by atomic mass is 9.99. The number of nitrogens with one attached hydrogen (secondary N) is 1. The lowest BCUT2D eigenvalue weighted by Crippen LogP contribution is -2.48. The molecule has 0 spiro atoms. The molecule has 0 saturated heterocycles. The number of carbonyl (C=O) groups excluding carboxylic acids is 2. The first-order valence-electron chi connectivity index (χ1n) is 9.17. The first-order chi connectivity index (χ1) is 13.7. The number of hydrogen-bond acceptors (Lipinski definition) is 7. The summed E-state index contributed by atoms with van der Waals surface area (Å²) in [6.07, 6.45) is 3.47. The highest BCUT2D eigenvalue weighted by molar-refractivity contribution is 7.98. The van der Waals surface area contributed by atoms with Crippen molar-refractivity contribution in [1.82, 2.24) is 5.32 Å². The van der Waals surface area contributed by atoms with Crippen LogP contribution in [0.25, 0.3) is 21.9 Å². The molecular weight excluding hydrogens is 394 g/mol. The SMILES string of the molecule is CSCC[C@H](NC(=O)Cc1c(C)c2cc3c(C)coc3c(C)c2oc1=O)C(=O)[O-]. The molecule has 154 valence electrons. The fourth-order valence-electron chi connectivity index (χ4n) is 3.41. The van der Waals surface area contributed by atoms with Crippen molar-refractivity contribution in [3.05, 3.63) is 45.0 Å². The van der Waals surface area contributed by atoms with E-state index in [0.29, 0.717) is 22.5 Å². The molecule has 0 bridgehead atoms. The summed E-state index contributed by atoms with van der Waals surface area (Å²) < 4.78 is 11.1. The quantitative estimate of drug-likeness (QED) is 0.586. The Labute approximate surface area is 171 Å². The summed E-state index contributed by atoms with van der Waals surface area (Å²) in [4.78, 5) is 36.2. The van der Waals surface area contributed by atoms with Crippen molar-refractivity contribution in [3.63, 3.8) is 0 Å². The maximum Gasteiger partial charge on any atom is 0.340 e. The molecule has 1 aromatic carbocycles. The van der Waals surface area contributed by atoms with E-state index in [-0.39, 0.29) is 18.4 Å². The Kier molecular flexibility index (Phi) is 6.02. The second kappa shape index (κ2) is 8.32. The van der Waals surface area contributed by atoms with Crippen molar-refractivity contribution in [2.45, 2.75) is 39.7 Å². The number of amides is 1. The summed E-state index contributed by atoms with van der Waals surface area (Å²) in [7, 11) is 0. The first-order valence-corrected chi connectivity index (χ1v) is 10.6. The van der Waals surface area contributed by atoms with Crippen LogP contribution in [0.2, 0.25) is 0 Å². The van der Waals surface area contributed by atoms with Gasteiger partial charge in [0.1, 0.15) is 11.2 Å². The van der Waals surface area contributed by atoms with Crippen LogP contribution < -0.4 is 16.0 Å². The maximum absolute atomic E-state index is 12.6. The summed E-state index contributed by atoms with van der Waals surface area (Å²) in [5.74, 6) is -1.34. The third-order valence-corrected chi connectivity index (χ3v) is 5.75. The second-order valence-corrected chi connectivity index (χ2v) is 8.05. The van der Waals surface area contributed by atoms with Crippen molar-refractivity contribution in [2.75, 3.05) is 12.0 Å². The Morgan fingerprint density at radius 1 is 1.17 bits per heavy atom. The molecule has 0 saturated carbocycles. The van der Waals surface area contributed by atoms with Gasteiger partial charge in [0.15, 0.2) is 0 Å². The third kappa shape index (κ3) is 4.03. The molecule has 1 atom stereocenters.